The summed E-state index contributed by atoms with van der Waals surface area (Å²) in [6, 6.07) is 4.87. The van der Waals surface area contributed by atoms with Crippen LogP contribution in [0, 0.1) is 5.82 Å². The Morgan fingerprint density at radius 1 is 1.04 bits per heavy atom. The highest BCUT2D eigenvalue weighted by Crippen LogP contribution is 2.42. The van der Waals surface area contributed by atoms with Crippen LogP contribution in [0.4, 0.5) is 8.78 Å². The number of hydrogen-bond donors (Lipinski definition) is 2. The Balaban J connectivity index is 1.84. The van der Waals surface area contributed by atoms with Crippen molar-refractivity contribution in [2.24, 2.45) is 0 Å². The van der Waals surface area contributed by atoms with E-state index in [0.29, 0.717) is 18.9 Å². The van der Waals surface area contributed by atoms with Crippen molar-refractivity contribution in [3.05, 3.63) is 35.3 Å². The molecule has 4 heteroatoms. The number of nitrogens with one attached hydrogen (secondary N) is 2. The summed E-state index contributed by atoms with van der Waals surface area (Å²) < 4.78 is 28.3. The number of rotatable bonds is 2. The van der Waals surface area contributed by atoms with Gasteiger partial charge >= 0.3 is 0 Å². The average Bonchev–Trinajstić information content (AvgIpc) is 2.94. The van der Waals surface area contributed by atoms with Crippen molar-refractivity contribution in [3.63, 3.8) is 0 Å². The Hall–Kier alpha value is -1.42. The number of H-pyrrole nitrogens is 1. The fraction of sp³-hybridized carbons (Fsp3) is 0.579. The molecule has 1 aromatic heterocycles. The van der Waals surface area contributed by atoms with Crippen molar-refractivity contribution in [3.8, 4) is 0 Å². The summed E-state index contributed by atoms with van der Waals surface area (Å²) in [6.07, 6.45) is 5.80. The molecule has 2 heterocycles. The highest BCUT2D eigenvalue weighted by molar-refractivity contribution is 5.85. The van der Waals surface area contributed by atoms with Gasteiger partial charge in [-0.3, -0.25) is 0 Å². The van der Waals surface area contributed by atoms with Crippen molar-refractivity contribution in [1.82, 2.24) is 10.3 Å². The fourth-order valence-electron chi connectivity index (χ4n) is 4.43. The van der Waals surface area contributed by atoms with Gasteiger partial charge in [-0.1, -0.05) is 19.3 Å². The smallest absolute Gasteiger partial charge is 0.125 e. The monoisotopic (exact) mass is 318 g/mol. The molecule has 2 aliphatic rings. The molecule has 1 aliphatic heterocycles. The minimum absolute atomic E-state index is 0.125. The molecule has 4 rings (SSSR count). The van der Waals surface area contributed by atoms with Crippen LogP contribution in [0.3, 0.4) is 0 Å². The van der Waals surface area contributed by atoms with E-state index in [1.165, 1.54) is 31.0 Å². The topological polar surface area (TPSA) is 27.8 Å². The molecule has 2 aromatic rings. The SMILES string of the molecule is Fc1ccc2c(C3CNCCC3F)c(C3CCCCC3)[nH]c2c1. The van der Waals surface area contributed by atoms with Gasteiger partial charge in [0.2, 0.25) is 0 Å². The van der Waals surface area contributed by atoms with Gasteiger partial charge in [0.1, 0.15) is 12.0 Å². The summed E-state index contributed by atoms with van der Waals surface area (Å²) in [5, 5.41) is 4.33. The highest BCUT2D eigenvalue weighted by atomic mass is 19.1. The Morgan fingerprint density at radius 2 is 1.87 bits per heavy atom. The van der Waals surface area contributed by atoms with Crippen LogP contribution in [-0.4, -0.2) is 24.2 Å². The van der Waals surface area contributed by atoms with E-state index in [-0.39, 0.29) is 11.7 Å². The molecule has 1 saturated carbocycles. The molecule has 0 spiro atoms. The van der Waals surface area contributed by atoms with E-state index in [0.717, 1.165) is 35.9 Å². The van der Waals surface area contributed by atoms with E-state index < -0.39 is 6.17 Å². The number of alkyl halides is 1. The molecule has 0 bridgehead atoms. The Bertz CT molecular complexity index is 688. The third-order valence-corrected chi connectivity index (χ3v) is 5.61. The van der Waals surface area contributed by atoms with Gasteiger partial charge in [0.05, 0.1) is 0 Å². The molecule has 0 amide bonds. The maximum absolute atomic E-state index is 14.6. The van der Waals surface area contributed by atoms with Gasteiger partial charge in [0, 0.05) is 29.1 Å². The lowest BCUT2D eigenvalue weighted by Gasteiger charge is -2.30. The maximum atomic E-state index is 14.6. The molecule has 2 fully saturated rings. The van der Waals surface area contributed by atoms with Crippen molar-refractivity contribution in [1.29, 1.82) is 0 Å². The van der Waals surface area contributed by atoms with Crippen LogP contribution in [-0.2, 0) is 0 Å². The summed E-state index contributed by atoms with van der Waals surface area (Å²) in [6.45, 7) is 1.42. The largest absolute Gasteiger partial charge is 0.358 e. The molecule has 2 atom stereocenters. The zero-order valence-electron chi connectivity index (χ0n) is 13.4. The van der Waals surface area contributed by atoms with Crippen molar-refractivity contribution < 1.29 is 8.78 Å². The normalized spacial score (nSPS) is 26.7. The Kier molecular flexibility index (Phi) is 4.10. The second kappa shape index (κ2) is 6.23. The first-order valence-electron chi connectivity index (χ1n) is 8.90. The zero-order chi connectivity index (χ0) is 15.8. The van der Waals surface area contributed by atoms with Gasteiger partial charge in [0.15, 0.2) is 0 Å². The summed E-state index contributed by atoms with van der Waals surface area (Å²) >= 11 is 0. The fourth-order valence-corrected chi connectivity index (χ4v) is 4.43. The zero-order valence-corrected chi connectivity index (χ0v) is 13.4. The van der Waals surface area contributed by atoms with E-state index in [4.69, 9.17) is 0 Å². The summed E-state index contributed by atoms with van der Waals surface area (Å²) in [5.74, 6) is 0.0993. The Morgan fingerprint density at radius 3 is 2.65 bits per heavy atom. The standard InChI is InChI=1S/C19H24F2N2/c20-13-6-7-14-17(10-13)23-19(12-4-2-1-3-5-12)18(14)15-11-22-9-8-16(15)21/h6-7,10,12,15-16,22-23H,1-5,8-9,11H2. The molecule has 124 valence electrons. The van der Waals surface area contributed by atoms with Gasteiger partial charge in [0.25, 0.3) is 0 Å². The van der Waals surface area contributed by atoms with Crippen LogP contribution in [0.5, 0.6) is 0 Å². The number of piperidine rings is 1. The van der Waals surface area contributed by atoms with E-state index in [2.05, 4.69) is 10.3 Å². The van der Waals surface area contributed by atoms with Crippen LogP contribution in [0.1, 0.15) is 61.6 Å². The Labute approximate surface area is 135 Å². The predicted octanol–water partition coefficient (Wildman–Crippen LogP) is 4.77. The molecule has 2 unspecified atom stereocenters. The third-order valence-electron chi connectivity index (χ3n) is 5.61. The van der Waals surface area contributed by atoms with Crippen LogP contribution >= 0.6 is 0 Å². The lowest BCUT2D eigenvalue weighted by molar-refractivity contribution is 0.227. The minimum Gasteiger partial charge on any atom is -0.358 e. The lowest BCUT2D eigenvalue weighted by atomic mass is 9.80. The van der Waals surface area contributed by atoms with Crippen molar-refractivity contribution in [2.75, 3.05) is 13.1 Å². The molecule has 2 N–H and O–H groups in total. The van der Waals surface area contributed by atoms with Gasteiger partial charge in [-0.2, -0.15) is 0 Å². The van der Waals surface area contributed by atoms with Crippen LogP contribution in [0.25, 0.3) is 10.9 Å². The van der Waals surface area contributed by atoms with Gasteiger partial charge < -0.3 is 10.3 Å². The molecule has 2 nitrogen and oxygen atoms in total. The van der Waals surface area contributed by atoms with E-state index >= 15 is 0 Å². The van der Waals surface area contributed by atoms with E-state index in [1.807, 2.05) is 6.07 Å². The quantitative estimate of drug-likeness (QED) is 0.820. The second-order valence-electron chi connectivity index (χ2n) is 7.09. The second-order valence-corrected chi connectivity index (χ2v) is 7.09. The summed E-state index contributed by atoms with van der Waals surface area (Å²) in [7, 11) is 0. The molecule has 1 aromatic carbocycles. The number of aromatic amines is 1. The first-order valence-corrected chi connectivity index (χ1v) is 8.90. The van der Waals surface area contributed by atoms with Crippen molar-refractivity contribution >= 4 is 10.9 Å². The van der Waals surface area contributed by atoms with Crippen molar-refractivity contribution in [2.45, 2.75) is 56.5 Å². The maximum Gasteiger partial charge on any atom is 0.125 e. The molecule has 0 radical (unpaired) electrons. The number of aromatic nitrogens is 1. The van der Waals surface area contributed by atoms with E-state index in [9.17, 15) is 8.78 Å². The van der Waals surface area contributed by atoms with E-state index in [1.54, 1.807) is 6.07 Å². The van der Waals surface area contributed by atoms with Crippen LogP contribution in [0.2, 0.25) is 0 Å². The lowest BCUT2D eigenvalue weighted by Crippen LogP contribution is -2.36. The predicted molar refractivity (Wildman–Crippen MR) is 89.2 cm³/mol. The molecule has 23 heavy (non-hydrogen) atoms. The van der Waals surface area contributed by atoms with Crippen LogP contribution in [0.15, 0.2) is 18.2 Å². The number of fused-ring (bicyclic) bond motifs is 1. The number of hydrogen-bond acceptors (Lipinski definition) is 1. The average molecular weight is 318 g/mol. The minimum atomic E-state index is -0.817. The number of halogens is 2. The molecular weight excluding hydrogens is 294 g/mol. The molecular formula is C19H24F2N2. The van der Waals surface area contributed by atoms with Gasteiger partial charge in [-0.05, 0) is 55.5 Å². The summed E-state index contributed by atoms with van der Waals surface area (Å²) in [4.78, 5) is 3.46. The summed E-state index contributed by atoms with van der Waals surface area (Å²) in [5.41, 5.74) is 3.09. The first kappa shape index (κ1) is 15.1. The van der Waals surface area contributed by atoms with Gasteiger partial charge in [-0.15, -0.1) is 0 Å². The third kappa shape index (κ3) is 2.78. The first-order chi connectivity index (χ1) is 11.2. The number of benzene rings is 1. The molecule has 1 aliphatic carbocycles. The molecule has 1 saturated heterocycles. The van der Waals surface area contributed by atoms with Gasteiger partial charge in [-0.25, -0.2) is 8.78 Å². The van der Waals surface area contributed by atoms with Crippen LogP contribution < -0.4 is 5.32 Å². The highest BCUT2D eigenvalue weighted by Gasteiger charge is 2.33.